The quantitative estimate of drug-likeness (QED) is 0.231. The van der Waals surface area contributed by atoms with Crippen LogP contribution >= 0.6 is 0 Å². The Balaban J connectivity index is 1.48. The van der Waals surface area contributed by atoms with Gasteiger partial charge in [-0.25, -0.2) is 0 Å². The minimum atomic E-state index is 0.200. The molecular weight excluding hydrogens is 448 g/mol. The molecule has 3 aliphatic rings. The summed E-state index contributed by atoms with van der Waals surface area (Å²) in [5.74, 6) is 2.66. The topological polar surface area (TPSA) is 9.23 Å². The summed E-state index contributed by atoms with van der Waals surface area (Å²) in [6.07, 6.45) is 10.7. The number of rotatable bonds is 2. The zero-order valence-electron chi connectivity index (χ0n) is 20.6. The first-order valence-corrected chi connectivity index (χ1v) is 13.5. The van der Waals surface area contributed by atoms with Gasteiger partial charge in [0.25, 0.3) is 0 Å². The Labute approximate surface area is 217 Å². The second kappa shape index (κ2) is 8.21. The van der Waals surface area contributed by atoms with Crippen LogP contribution in [0, 0.1) is 11.8 Å². The minimum absolute atomic E-state index is 0.200. The number of hydrogen-bond acceptors (Lipinski definition) is 1. The van der Waals surface area contributed by atoms with Crippen molar-refractivity contribution >= 4 is 21.5 Å². The molecule has 0 spiro atoms. The van der Waals surface area contributed by atoms with Crippen LogP contribution in [0.4, 0.5) is 0 Å². The van der Waals surface area contributed by atoms with Crippen molar-refractivity contribution in [1.82, 2.24) is 0 Å². The SMILES string of the molecule is C1=CC2CC3Oc4ccccc4C3C(c3c4ccccc4c(-c4ccccc4)c4ccccc34)C2C=C1. The third kappa shape index (κ3) is 3.10. The van der Waals surface area contributed by atoms with Crippen molar-refractivity contribution < 1.29 is 4.74 Å². The highest BCUT2D eigenvalue weighted by Crippen LogP contribution is 2.59. The first-order valence-electron chi connectivity index (χ1n) is 13.5. The van der Waals surface area contributed by atoms with Gasteiger partial charge in [-0.2, -0.15) is 0 Å². The summed E-state index contributed by atoms with van der Waals surface area (Å²) < 4.78 is 6.67. The van der Waals surface area contributed by atoms with Crippen molar-refractivity contribution in [2.24, 2.45) is 11.8 Å². The van der Waals surface area contributed by atoms with E-state index in [1.54, 1.807) is 0 Å². The second-order valence-electron chi connectivity index (χ2n) is 10.7. The average molecular weight is 477 g/mol. The molecule has 0 bridgehead atoms. The Morgan fingerprint density at radius 3 is 1.95 bits per heavy atom. The van der Waals surface area contributed by atoms with Crippen LogP contribution in [0.2, 0.25) is 0 Å². The van der Waals surface area contributed by atoms with Gasteiger partial charge in [-0.15, -0.1) is 0 Å². The zero-order valence-corrected chi connectivity index (χ0v) is 20.6. The first kappa shape index (κ1) is 21.0. The van der Waals surface area contributed by atoms with Gasteiger partial charge in [0.2, 0.25) is 0 Å². The molecule has 1 fully saturated rings. The molecule has 0 aromatic heterocycles. The molecule has 5 aromatic carbocycles. The Morgan fingerprint density at radius 2 is 1.19 bits per heavy atom. The van der Waals surface area contributed by atoms with Gasteiger partial charge in [-0.3, -0.25) is 0 Å². The van der Waals surface area contributed by atoms with Gasteiger partial charge in [0.1, 0.15) is 11.9 Å². The third-order valence-electron chi connectivity index (χ3n) is 8.93. The fourth-order valence-corrected chi connectivity index (χ4v) is 7.53. The van der Waals surface area contributed by atoms with Crippen molar-refractivity contribution in [3.05, 3.63) is 139 Å². The number of allylic oxidation sites excluding steroid dienone is 4. The Bertz CT molecular complexity index is 1650. The van der Waals surface area contributed by atoms with E-state index < -0.39 is 0 Å². The minimum Gasteiger partial charge on any atom is -0.489 e. The molecule has 5 atom stereocenters. The predicted molar refractivity (Wildman–Crippen MR) is 153 cm³/mol. The van der Waals surface area contributed by atoms with E-state index in [4.69, 9.17) is 4.74 Å². The Morgan fingerprint density at radius 1 is 0.568 bits per heavy atom. The molecule has 1 saturated carbocycles. The highest BCUT2D eigenvalue weighted by atomic mass is 16.5. The summed E-state index contributed by atoms with van der Waals surface area (Å²) in [4.78, 5) is 0. The maximum absolute atomic E-state index is 6.67. The fraction of sp³-hybridized carbons (Fsp3) is 0.167. The first-order chi connectivity index (χ1) is 18.4. The fourth-order valence-electron chi connectivity index (χ4n) is 7.53. The molecule has 1 heterocycles. The summed E-state index contributed by atoms with van der Waals surface area (Å²) in [6, 6.07) is 37.8. The maximum Gasteiger partial charge on any atom is 0.123 e. The maximum atomic E-state index is 6.67. The lowest BCUT2D eigenvalue weighted by atomic mass is 9.59. The molecule has 1 aliphatic heterocycles. The van der Waals surface area contributed by atoms with Gasteiger partial charge in [-0.1, -0.05) is 121 Å². The predicted octanol–water partition coefficient (Wildman–Crippen LogP) is 9.05. The lowest BCUT2D eigenvalue weighted by Crippen LogP contribution is -2.39. The summed E-state index contributed by atoms with van der Waals surface area (Å²) in [7, 11) is 0. The van der Waals surface area contributed by atoms with E-state index in [-0.39, 0.29) is 6.10 Å². The van der Waals surface area contributed by atoms with Crippen LogP contribution in [0.1, 0.15) is 29.4 Å². The lowest BCUT2D eigenvalue weighted by Gasteiger charge is -2.44. The molecule has 37 heavy (non-hydrogen) atoms. The molecule has 0 N–H and O–H groups in total. The standard InChI is InChI=1S/C36H28O/c1-2-12-23(13-3-1)33-26-16-6-8-18-28(26)34(29-19-9-7-17-27(29)33)36-25-15-5-4-14-24(25)22-32-35(36)30-20-10-11-21-31(30)37-32/h1-21,24-25,32,35-36H,22H2. The van der Waals surface area contributed by atoms with Gasteiger partial charge in [-0.05, 0) is 62.6 Å². The van der Waals surface area contributed by atoms with Crippen molar-refractivity contribution in [2.45, 2.75) is 24.4 Å². The number of para-hydroxylation sites is 1. The lowest BCUT2D eigenvalue weighted by molar-refractivity contribution is 0.106. The third-order valence-corrected chi connectivity index (χ3v) is 8.93. The van der Waals surface area contributed by atoms with E-state index in [2.05, 4.69) is 127 Å². The second-order valence-corrected chi connectivity index (χ2v) is 10.7. The van der Waals surface area contributed by atoms with E-state index in [1.807, 2.05) is 0 Å². The van der Waals surface area contributed by atoms with Crippen molar-refractivity contribution in [1.29, 1.82) is 0 Å². The Kier molecular flexibility index (Phi) is 4.67. The van der Waals surface area contributed by atoms with Crippen LogP contribution in [0.5, 0.6) is 5.75 Å². The molecular formula is C36H28O. The van der Waals surface area contributed by atoms with Crippen LogP contribution < -0.4 is 4.74 Å². The van der Waals surface area contributed by atoms with Crippen molar-refractivity contribution in [2.75, 3.05) is 0 Å². The number of ether oxygens (including phenoxy) is 1. The molecule has 178 valence electrons. The molecule has 0 radical (unpaired) electrons. The summed E-state index contributed by atoms with van der Waals surface area (Å²) in [6.45, 7) is 0. The number of benzene rings is 5. The molecule has 8 rings (SSSR count). The highest BCUT2D eigenvalue weighted by molar-refractivity contribution is 6.15. The monoisotopic (exact) mass is 476 g/mol. The van der Waals surface area contributed by atoms with E-state index in [1.165, 1.54) is 43.8 Å². The van der Waals surface area contributed by atoms with Crippen LogP contribution in [-0.4, -0.2) is 6.10 Å². The van der Waals surface area contributed by atoms with E-state index in [9.17, 15) is 0 Å². The van der Waals surface area contributed by atoms with Crippen LogP contribution in [0.25, 0.3) is 32.7 Å². The number of fused-ring (bicyclic) bond motifs is 6. The zero-order chi connectivity index (χ0) is 24.3. The normalized spacial score (nSPS) is 25.5. The van der Waals surface area contributed by atoms with Gasteiger partial charge < -0.3 is 4.74 Å². The summed E-state index contributed by atoms with van der Waals surface area (Å²) in [5, 5.41) is 5.42. The highest BCUT2D eigenvalue weighted by Gasteiger charge is 2.50. The van der Waals surface area contributed by atoms with Gasteiger partial charge in [0, 0.05) is 17.4 Å². The summed E-state index contributed by atoms with van der Waals surface area (Å²) in [5.41, 5.74) is 5.47. The molecule has 2 aliphatic carbocycles. The van der Waals surface area contributed by atoms with Gasteiger partial charge in [0.05, 0.1) is 0 Å². The number of hydrogen-bond donors (Lipinski definition) is 0. The molecule has 1 heteroatoms. The van der Waals surface area contributed by atoms with E-state index in [0.717, 1.165) is 12.2 Å². The van der Waals surface area contributed by atoms with Crippen molar-refractivity contribution in [3.63, 3.8) is 0 Å². The molecule has 0 saturated heterocycles. The summed E-state index contributed by atoms with van der Waals surface area (Å²) >= 11 is 0. The molecule has 5 unspecified atom stereocenters. The largest absolute Gasteiger partial charge is 0.489 e. The smallest absolute Gasteiger partial charge is 0.123 e. The van der Waals surface area contributed by atoms with Gasteiger partial charge >= 0.3 is 0 Å². The molecule has 0 amide bonds. The van der Waals surface area contributed by atoms with E-state index in [0.29, 0.717) is 23.7 Å². The average Bonchev–Trinajstić information content (AvgIpc) is 3.33. The molecule has 1 nitrogen and oxygen atoms in total. The Hall–Kier alpha value is -4.10. The van der Waals surface area contributed by atoms with Crippen LogP contribution in [0.15, 0.2) is 127 Å². The molecule has 5 aromatic rings. The van der Waals surface area contributed by atoms with Crippen LogP contribution in [-0.2, 0) is 0 Å². The van der Waals surface area contributed by atoms with E-state index >= 15 is 0 Å². The van der Waals surface area contributed by atoms with Gasteiger partial charge in [0.15, 0.2) is 0 Å². The van der Waals surface area contributed by atoms with Crippen LogP contribution in [0.3, 0.4) is 0 Å². The van der Waals surface area contributed by atoms with Crippen molar-refractivity contribution in [3.8, 4) is 16.9 Å².